The van der Waals surface area contributed by atoms with Crippen molar-refractivity contribution in [3.8, 4) is 5.75 Å². The molecule has 0 aliphatic heterocycles. The Morgan fingerprint density at radius 3 is 2.79 bits per heavy atom. The van der Waals surface area contributed by atoms with Gasteiger partial charge in [0.05, 0.1) is 5.52 Å². The van der Waals surface area contributed by atoms with E-state index in [2.05, 4.69) is 23.0 Å². The van der Waals surface area contributed by atoms with Crippen molar-refractivity contribution < 1.29 is 15.0 Å². The molecule has 24 heavy (non-hydrogen) atoms. The zero-order chi connectivity index (χ0) is 17.1. The summed E-state index contributed by atoms with van der Waals surface area (Å²) in [5.74, 6) is -0.972. The molecule has 126 valence electrons. The lowest BCUT2D eigenvalue weighted by atomic mass is 9.87. The molecule has 3 aromatic rings. The molecule has 0 fully saturated rings. The van der Waals surface area contributed by atoms with Crippen molar-refractivity contribution in [2.75, 3.05) is 0 Å². The number of carbonyl (C=O) groups is 1. The molecule has 0 saturated heterocycles. The van der Waals surface area contributed by atoms with E-state index in [9.17, 15) is 15.0 Å². The highest BCUT2D eigenvalue weighted by Gasteiger charge is 2.21. The fourth-order valence-corrected chi connectivity index (χ4v) is 3.37. The number of hydrogen-bond donors (Lipinski definition) is 4. The second-order valence-corrected chi connectivity index (χ2v) is 6.19. The molecular formula is C19H22N2O3. The predicted octanol–water partition coefficient (Wildman–Crippen LogP) is 4.42. The maximum atomic E-state index is 11.4. The lowest BCUT2D eigenvalue weighted by Gasteiger charge is -2.17. The maximum Gasteiger partial charge on any atom is 0.341 e. The number of carboxylic acids is 1. The van der Waals surface area contributed by atoms with Crippen LogP contribution < -0.4 is 0 Å². The van der Waals surface area contributed by atoms with E-state index in [1.54, 1.807) is 12.3 Å². The van der Waals surface area contributed by atoms with E-state index in [4.69, 9.17) is 0 Å². The normalized spacial score (nSPS) is 12.5. The summed E-state index contributed by atoms with van der Waals surface area (Å²) in [6.07, 6.45) is 9.74. The molecule has 1 aromatic carbocycles. The molecule has 1 atom stereocenters. The van der Waals surface area contributed by atoms with Crippen LogP contribution in [0.25, 0.3) is 10.9 Å². The lowest BCUT2D eigenvalue weighted by molar-refractivity contribution is 0.0696. The number of aromatic nitrogens is 2. The SMILES string of the molecule is CCCCC(Cc1cc(O)c(C(=O)O)c2[nH]ccc12)c1cc[nH]c1. The summed E-state index contributed by atoms with van der Waals surface area (Å²) in [5, 5.41) is 20.4. The zero-order valence-electron chi connectivity index (χ0n) is 13.7. The highest BCUT2D eigenvalue weighted by atomic mass is 16.4. The van der Waals surface area contributed by atoms with Crippen molar-refractivity contribution in [3.63, 3.8) is 0 Å². The fourth-order valence-electron chi connectivity index (χ4n) is 3.37. The van der Waals surface area contributed by atoms with Crippen molar-refractivity contribution in [3.05, 3.63) is 53.5 Å². The fraction of sp³-hybridized carbons (Fsp3) is 0.316. The van der Waals surface area contributed by atoms with Gasteiger partial charge in [-0.05, 0) is 48.1 Å². The van der Waals surface area contributed by atoms with E-state index < -0.39 is 5.97 Å². The van der Waals surface area contributed by atoms with Gasteiger partial charge in [-0.2, -0.15) is 0 Å². The molecule has 0 spiro atoms. The van der Waals surface area contributed by atoms with Gasteiger partial charge in [-0.15, -0.1) is 0 Å². The minimum Gasteiger partial charge on any atom is -0.507 e. The summed E-state index contributed by atoms with van der Waals surface area (Å²) in [5.41, 5.74) is 2.64. The number of hydrogen-bond acceptors (Lipinski definition) is 2. The van der Waals surface area contributed by atoms with E-state index in [0.717, 1.165) is 36.6 Å². The lowest BCUT2D eigenvalue weighted by Crippen LogP contribution is -2.05. The number of nitrogens with one attached hydrogen (secondary N) is 2. The molecule has 5 heteroatoms. The largest absolute Gasteiger partial charge is 0.507 e. The molecule has 1 unspecified atom stereocenters. The summed E-state index contributed by atoms with van der Waals surface area (Å²) < 4.78 is 0. The Kier molecular flexibility index (Phi) is 4.60. The minimum atomic E-state index is -1.13. The van der Waals surface area contributed by atoms with Crippen molar-refractivity contribution in [2.45, 2.75) is 38.5 Å². The summed E-state index contributed by atoms with van der Waals surface area (Å²) in [7, 11) is 0. The molecule has 2 aromatic heterocycles. The Balaban J connectivity index is 2.01. The zero-order valence-corrected chi connectivity index (χ0v) is 13.7. The second kappa shape index (κ2) is 6.83. The maximum absolute atomic E-state index is 11.4. The van der Waals surface area contributed by atoms with Crippen molar-refractivity contribution in [2.24, 2.45) is 0 Å². The molecular weight excluding hydrogens is 304 g/mol. The average molecular weight is 326 g/mol. The van der Waals surface area contributed by atoms with Gasteiger partial charge in [0.1, 0.15) is 11.3 Å². The van der Waals surface area contributed by atoms with E-state index in [-0.39, 0.29) is 11.3 Å². The van der Waals surface area contributed by atoms with Gasteiger partial charge < -0.3 is 20.2 Å². The molecule has 0 radical (unpaired) electrons. The van der Waals surface area contributed by atoms with Gasteiger partial charge in [-0.25, -0.2) is 4.79 Å². The monoisotopic (exact) mass is 326 g/mol. The minimum absolute atomic E-state index is 0.0643. The summed E-state index contributed by atoms with van der Waals surface area (Å²) >= 11 is 0. The number of H-pyrrole nitrogens is 2. The van der Waals surface area contributed by atoms with Gasteiger partial charge in [-0.3, -0.25) is 0 Å². The summed E-state index contributed by atoms with van der Waals surface area (Å²) in [6, 6.07) is 5.57. The van der Waals surface area contributed by atoms with E-state index in [1.165, 1.54) is 5.56 Å². The van der Waals surface area contributed by atoms with E-state index in [1.807, 2.05) is 18.5 Å². The van der Waals surface area contributed by atoms with Gasteiger partial charge in [-0.1, -0.05) is 19.8 Å². The third-order valence-electron chi connectivity index (χ3n) is 4.59. The highest BCUT2D eigenvalue weighted by molar-refractivity contribution is 6.05. The first-order chi connectivity index (χ1) is 11.6. The number of aromatic hydroxyl groups is 1. The molecule has 4 N–H and O–H groups in total. The van der Waals surface area contributed by atoms with Crippen LogP contribution in [-0.2, 0) is 6.42 Å². The van der Waals surface area contributed by atoms with E-state index in [0.29, 0.717) is 11.4 Å². The Morgan fingerprint density at radius 2 is 2.12 bits per heavy atom. The molecule has 5 nitrogen and oxygen atoms in total. The van der Waals surface area contributed by atoms with Crippen LogP contribution in [0.3, 0.4) is 0 Å². The first-order valence-electron chi connectivity index (χ1n) is 8.29. The number of rotatable bonds is 7. The van der Waals surface area contributed by atoms with Gasteiger partial charge in [0, 0.05) is 24.0 Å². The quantitative estimate of drug-likeness (QED) is 0.518. The topological polar surface area (TPSA) is 89.1 Å². The number of benzene rings is 1. The smallest absolute Gasteiger partial charge is 0.341 e. The predicted molar refractivity (Wildman–Crippen MR) is 93.7 cm³/mol. The first kappa shape index (κ1) is 16.2. The number of carboxylic acid groups (broad SMARTS) is 1. The van der Waals surface area contributed by atoms with Crippen LogP contribution in [0.5, 0.6) is 5.75 Å². The molecule has 2 heterocycles. The Hall–Kier alpha value is -2.69. The molecule has 0 saturated carbocycles. The van der Waals surface area contributed by atoms with Crippen LogP contribution in [-0.4, -0.2) is 26.2 Å². The standard InChI is InChI=1S/C19H22N2O3/c1-2-3-4-12(13-5-7-20-11-13)9-14-10-16(22)17(19(23)24)18-15(14)6-8-21-18/h5-8,10-12,20-22H,2-4,9H2,1H3,(H,23,24). The van der Waals surface area contributed by atoms with Gasteiger partial charge in [0.25, 0.3) is 0 Å². The Morgan fingerprint density at radius 1 is 1.29 bits per heavy atom. The average Bonchev–Trinajstić information content (AvgIpc) is 3.21. The molecule has 0 aliphatic carbocycles. The number of fused-ring (bicyclic) bond motifs is 1. The van der Waals surface area contributed by atoms with Crippen molar-refractivity contribution in [1.82, 2.24) is 9.97 Å². The molecule has 0 bridgehead atoms. The molecule has 0 amide bonds. The third-order valence-corrected chi connectivity index (χ3v) is 4.59. The number of unbranched alkanes of at least 4 members (excludes halogenated alkanes) is 1. The van der Waals surface area contributed by atoms with Gasteiger partial charge >= 0.3 is 5.97 Å². The highest BCUT2D eigenvalue weighted by Crippen LogP contribution is 2.34. The van der Waals surface area contributed by atoms with Crippen LogP contribution in [0, 0.1) is 0 Å². The van der Waals surface area contributed by atoms with Crippen LogP contribution in [0.15, 0.2) is 36.8 Å². The van der Waals surface area contributed by atoms with Gasteiger partial charge in [0.2, 0.25) is 0 Å². The van der Waals surface area contributed by atoms with Crippen LogP contribution in [0.2, 0.25) is 0 Å². The summed E-state index contributed by atoms with van der Waals surface area (Å²) in [6.45, 7) is 2.17. The van der Waals surface area contributed by atoms with Crippen LogP contribution >= 0.6 is 0 Å². The van der Waals surface area contributed by atoms with Crippen molar-refractivity contribution in [1.29, 1.82) is 0 Å². The number of aromatic amines is 2. The second-order valence-electron chi connectivity index (χ2n) is 6.19. The Bertz CT molecular complexity index is 834. The third kappa shape index (κ3) is 3.02. The molecule has 3 rings (SSSR count). The van der Waals surface area contributed by atoms with Crippen LogP contribution in [0.1, 0.15) is 53.6 Å². The first-order valence-corrected chi connectivity index (χ1v) is 8.29. The number of aromatic carboxylic acids is 1. The Labute approximate surface area is 140 Å². The van der Waals surface area contributed by atoms with Crippen LogP contribution in [0.4, 0.5) is 0 Å². The van der Waals surface area contributed by atoms with Crippen molar-refractivity contribution >= 4 is 16.9 Å². The molecule has 0 aliphatic rings. The van der Waals surface area contributed by atoms with E-state index >= 15 is 0 Å². The number of phenols is 1. The summed E-state index contributed by atoms with van der Waals surface area (Å²) in [4.78, 5) is 17.5. The van der Waals surface area contributed by atoms with Gasteiger partial charge in [0.15, 0.2) is 0 Å².